The largest absolute Gasteiger partial charge is 0.294 e. The van der Waals surface area contributed by atoms with E-state index in [2.05, 4.69) is 12.7 Å². The topological polar surface area (TPSA) is 17.1 Å². The van der Waals surface area contributed by atoms with Gasteiger partial charge in [-0.1, -0.05) is 18.2 Å². The summed E-state index contributed by atoms with van der Waals surface area (Å²) in [6.45, 7) is 5.61. The number of rotatable bonds is 3. The molecule has 0 aromatic rings. The molecule has 0 fully saturated rings. The first kappa shape index (κ1) is 8.25. The molecule has 0 saturated carbocycles. The van der Waals surface area contributed by atoms with Crippen LogP contribution in [-0.4, -0.2) is 5.78 Å². The fourth-order valence-corrected chi connectivity index (χ4v) is 1.31. The van der Waals surface area contributed by atoms with E-state index in [9.17, 15) is 4.79 Å². The summed E-state index contributed by atoms with van der Waals surface area (Å²) in [5.74, 6) is 0.273. The molecular formula is C10H14O. The maximum absolute atomic E-state index is 11.3. The quantitative estimate of drug-likeness (QED) is 0.565. The fourth-order valence-electron chi connectivity index (χ4n) is 1.31. The van der Waals surface area contributed by atoms with E-state index in [1.165, 1.54) is 0 Å². The highest BCUT2D eigenvalue weighted by Gasteiger charge is 2.12. The van der Waals surface area contributed by atoms with Crippen molar-refractivity contribution in [2.75, 3.05) is 0 Å². The van der Waals surface area contributed by atoms with Crippen molar-refractivity contribution in [3.63, 3.8) is 0 Å². The molecule has 0 aliphatic heterocycles. The Bertz CT molecular complexity index is 211. The summed E-state index contributed by atoms with van der Waals surface area (Å²) < 4.78 is 0. The van der Waals surface area contributed by atoms with Crippen molar-refractivity contribution in [2.45, 2.75) is 32.6 Å². The molecule has 0 amide bonds. The predicted octanol–water partition coefficient (Wildman–Crippen LogP) is 2.63. The minimum atomic E-state index is 0.273. The van der Waals surface area contributed by atoms with Crippen molar-refractivity contribution in [2.24, 2.45) is 0 Å². The van der Waals surface area contributed by atoms with Crippen LogP contribution in [0, 0.1) is 0 Å². The second-order valence-corrected chi connectivity index (χ2v) is 3.18. The van der Waals surface area contributed by atoms with Crippen LogP contribution in [0.25, 0.3) is 0 Å². The molecule has 1 rings (SSSR count). The lowest BCUT2D eigenvalue weighted by atomic mass is 10.1. The molecule has 1 aliphatic carbocycles. The van der Waals surface area contributed by atoms with Crippen LogP contribution in [0.2, 0.25) is 0 Å². The highest BCUT2D eigenvalue weighted by Crippen LogP contribution is 2.20. The Morgan fingerprint density at radius 3 is 2.91 bits per heavy atom. The summed E-state index contributed by atoms with van der Waals surface area (Å²) in [7, 11) is 0. The zero-order valence-corrected chi connectivity index (χ0v) is 7.02. The van der Waals surface area contributed by atoms with Crippen LogP contribution < -0.4 is 0 Å². The van der Waals surface area contributed by atoms with Gasteiger partial charge in [0.2, 0.25) is 0 Å². The summed E-state index contributed by atoms with van der Waals surface area (Å²) in [6.07, 6.45) is 5.80. The molecule has 0 aromatic carbocycles. The Balaban J connectivity index is 2.47. The van der Waals surface area contributed by atoms with Crippen molar-refractivity contribution in [1.29, 1.82) is 0 Å². The first-order chi connectivity index (χ1) is 5.20. The third-order valence-electron chi connectivity index (χ3n) is 1.86. The van der Waals surface area contributed by atoms with Gasteiger partial charge in [0.1, 0.15) is 0 Å². The zero-order valence-electron chi connectivity index (χ0n) is 7.02. The Labute approximate surface area is 67.8 Å². The molecule has 0 bridgehead atoms. The van der Waals surface area contributed by atoms with Crippen LogP contribution >= 0.6 is 0 Å². The average Bonchev–Trinajstić information content (AvgIpc) is 2.35. The van der Waals surface area contributed by atoms with Gasteiger partial charge in [0, 0.05) is 6.42 Å². The number of allylic oxidation sites excluding steroid dienone is 3. The van der Waals surface area contributed by atoms with Crippen molar-refractivity contribution in [3.05, 3.63) is 23.8 Å². The van der Waals surface area contributed by atoms with Crippen LogP contribution in [0.1, 0.15) is 32.6 Å². The summed E-state index contributed by atoms with van der Waals surface area (Å²) >= 11 is 0. The first-order valence-corrected chi connectivity index (χ1v) is 4.07. The number of hydrogen-bond donors (Lipinski definition) is 0. The molecule has 60 valence electrons. The van der Waals surface area contributed by atoms with Gasteiger partial charge in [-0.05, 0) is 31.8 Å². The molecule has 0 unspecified atom stereocenters. The number of hydrogen-bond acceptors (Lipinski definition) is 1. The van der Waals surface area contributed by atoms with Gasteiger partial charge in [-0.3, -0.25) is 4.79 Å². The molecule has 0 aromatic heterocycles. The van der Waals surface area contributed by atoms with Gasteiger partial charge in [-0.25, -0.2) is 0 Å². The summed E-state index contributed by atoms with van der Waals surface area (Å²) in [5, 5.41) is 0. The molecule has 0 saturated heterocycles. The predicted molar refractivity (Wildman–Crippen MR) is 46.4 cm³/mol. The molecule has 0 atom stereocenters. The summed E-state index contributed by atoms with van der Waals surface area (Å²) in [4.78, 5) is 11.3. The van der Waals surface area contributed by atoms with Gasteiger partial charge in [0.15, 0.2) is 5.78 Å². The van der Waals surface area contributed by atoms with Gasteiger partial charge in [0.05, 0.1) is 0 Å². The highest BCUT2D eigenvalue weighted by atomic mass is 16.1. The lowest BCUT2D eigenvalue weighted by molar-refractivity contribution is -0.115. The molecule has 0 heterocycles. The van der Waals surface area contributed by atoms with Gasteiger partial charge in [-0.2, -0.15) is 0 Å². The second-order valence-electron chi connectivity index (χ2n) is 3.18. The van der Waals surface area contributed by atoms with E-state index in [0.29, 0.717) is 6.42 Å². The van der Waals surface area contributed by atoms with Crippen molar-refractivity contribution >= 4 is 5.78 Å². The number of carbonyl (C=O) groups excluding carboxylic acids is 1. The van der Waals surface area contributed by atoms with E-state index in [-0.39, 0.29) is 5.78 Å². The van der Waals surface area contributed by atoms with Gasteiger partial charge in [-0.15, -0.1) is 0 Å². The Hall–Kier alpha value is -0.850. The number of Topliss-reactive ketones (excluding diaryl/α,β-unsaturated/α-hetero) is 1. The van der Waals surface area contributed by atoms with E-state index >= 15 is 0 Å². The van der Waals surface area contributed by atoms with Crippen LogP contribution in [0.5, 0.6) is 0 Å². The minimum Gasteiger partial charge on any atom is -0.294 e. The van der Waals surface area contributed by atoms with Crippen molar-refractivity contribution in [1.82, 2.24) is 0 Å². The molecule has 1 heteroatoms. The smallest absolute Gasteiger partial charge is 0.162 e. The normalized spacial score (nSPS) is 16.3. The maximum Gasteiger partial charge on any atom is 0.162 e. The number of ketones is 1. The highest BCUT2D eigenvalue weighted by molar-refractivity contribution is 5.97. The van der Waals surface area contributed by atoms with Crippen LogP contribution in [0.3, 0.4) is 0 Å². The number of carbonyl (C=O) groups is 1. The summed E-state index contributed by atoms with van der Waals surface area (Å²) in [6, 6.07) is 0. The lowest BCUT2D eigenvalue weighted by Gasteiger charge is -1.99. The van der Waals surface area contributed by atoms with Crippen LogP contribution in [0.4, 0.5) is 0 Å². The van der Waals surface area contributed by atoms with Gasteiger partial charge in [0.25, 0.3) is 0 Å². The Morgan fingerprint density at radius 2 is 2.45 bits per heavy atom. The first-order valence-electron chi connectivity index (χ1n) is 4.07. The third-order valence-corrected chi connectivity index (χ3v) is 1.86. The molecule has 1 aliphatic rings. The van der Waals surface area contributed by atoms with Crippen molar-refractivity contribution in [3.8, 4) is 0 Å². The Kier molecular flexibility index (Phi) is 2.64. The summed E-state index contributed by atoms with van der Waals surface area (Å²) in [5.41, 5.74) is 1.98. The standard InChI is InChI=1S/C10H14O/c1-8(2)7-10(11)9-5-3-4-6-9/h5H,1,3-4,6-7H2,2H3. The van der Waals surface area contributed by atoms with Gasteiger partial charge >= 0.3 is 0 Å². The lowest BCUT2D eigenvalue weighted by Crippen LogP contribution is -2.00. The van der Waals surface area contributed by atoms with E-state index in [1.54, 1.807) is 0 Å². The molecular weight excluding hydrogens is 136 g/mol. The molecule has 0 radical (unpaired) electrons. The fraction of sp³-hybridized carbons (Fsp3) is 0.500. The van der Waals surface area contributed by atoms with Crippen LogP contribution in [0.15, 0.2) is 23.8 Å². The SMILES string of the molecule is C=C(C)CC(=O)C1=CCCC1. The van der Waals surface area contributed by atoms with Gasteiger partial charge < -0.3 is 0 Å². The monoisotopic (exact) mass is 150 g/mol. The molecule has 0 spiro atoms. The van der Waals surface area contributed by atoms with Crippen LogP contribution in [-0.2, 0) is 4.79 Å². The van der Waals surface area contributed by atoms with E-state index < -0.39 is 0 Å². The molecule has 0 N–H and O–H groups in total. The molecule has 11 heavy (non-hydrogen) atoms. The second kappa shape index (κ2) is 3.51. The minimum absolute atomic E-state index is 0.273. The maximum atomic E-state index is 11.3. The zero-order chi connectivity index (χ0) is 8.27. The van der Waals surface area contributed by atoms with E-state index in [1.807, 2.05) is 6.92 Å². The molecule has 1 nitrogen and oxygen atoms in total. The van der Waals surface area contributed by atoms with E-state index in [0.717, 1.165) is 30.4 Å². The third kappa shape index (κ3) is 2.34. The average molecular weight is 150 g/mol. The Morgan fingerprint density at radius 1 is 1.73 bits per heavy atom. The van der Waals surface area contributed by atoms with E-state index in [4.69, 9.17) is 0 Å². The van der Waals surface area contributed by atoms with Crippen molar-refractivity contribution < 1.29 is 4.79 Å².